The number of carbonyl (C=O) groups is 2. The van der Waals surface area contributed by atoms with Crippen LogP contribution in [0.5, 0.6) is 0 Å². The molecule has 0 aromatic carbocycles. The molecule has 2 atom stereocenters. The molecule has 0 aromatic rings. The van der Waals surface area contributed by atoms with Crippen molar-refractivity contribution in [2.45, 2.75) is 70.7 Å². The standard InChI is InChI=1S/C15H26O6/c1-11(16)12-10-14(18)19-8-9-20-15(2,3)7-5-4-6-13(17)21-12/h11-12,16H,4-10H2,1-3H3/t11-,12-/m1/s1. The van der Waals surface area contributed by atoms with E-state index in [4.69, 9.17) is 14.2 Å². The minimum absolute atomic E-state index is 0.146. The van der Waals surface area contributed by atoms with Gasteiger partial charge in [-0.15, -0.1) is 0 Å². The molecule has 122 valence electrons. The molecule has 0 unspecified atom stereocenters. The van der Waals surface area contributed by atoms with Gasteiger partial charge in [0.1, 0.15) is 12.7 Å². The molecule has 0 saturated carbocycles. The Morgan fingerprint density at radius 3 is 2.57 bits per heavy atom. The molecule has 0 amide bonds. The predicted octanol–water partition coefficient (Wildman–Crippen LogP) is 1.58. The fraction of sp³-hybridized carbons (Fsp3) is 0.867. The Hall–Kier alpha value is -1.14. The largest absolute Gasteiger partial charge is 0.463 e. The third kappa shape index (κ3) is 7.43. The highest BCUT2D eigenvalue weighted by molar-refractivity contribution is 5.72. The maximum Gasteiger partial charge on any atom is 0.309 e. The van der Waals surface area contributed by atoms with Gasteiger partial charge in [0.25, 0.3) is 0 Å². The molecule has 1 rings (SSSR count). The van der Waals surface area contributed by atoms with E-state index in [9.17, 15) is 14.7 Å². The highest BCUT2D eigenvalue weighted by atomic mass is 16.6. The molecule has 1 N–H and O–H groups in total. The van der Waals surface area contributed by atoms with Gasteiger partial charge in [0.2, 0.25) is 0 Å². The van der Waals surface area contributed by atoms with Crippen molar-refractivity contribution >= 4 is 11.9 Å². The molecule has 0 radical (unpaired) electrons. The minimum Gasteiger partial charge on any atom is -0.463 e. The van der Waals surface area contributed by atoms with E-state index in [1.807, 2.05) is 13.8 Å². The van der Waals surface area contributed by atoms with Crippen molar-refractivity contribution in [1.29, 1.82) is 0 Å². The van der Waals surface area contributed by atoms with Gasteiger partial charge in [-0.05, 0) is 33.6 Å². The van der Waals surface area contributed by atoms with E-state index in [1.165, 1.54) is 6.92 Å². The summed E-state index contributed by atoms with van der Waals surface area (Å²) in [5.74, 6) is -0.906. The lowest BCUT2D eigenvalue weighted by Gasteiger charge is -2.26. The van der Waals surface area contributed by atoms with Crippen molar-refractivity contribution in [2.75, 3.05) is 13.2 Å². The van der Waals surface area contributed by atoms with E-state index in [2.05, 4.69) is 0 Å². The Balaban J connectivity index is 2.62. The number of carbonyl (C=O) groups excluding carboxylic acids is 2. The molecule has 1 aliphatic heterocycles. The van der Waals surface area contributed by atoms with Crippen molar-refractivity contribution in [3.63, 3.8) is 0 Å². The van der Waals surface area contributed by atoms with Crippen LogP contribution in [0.25, 0.3) is 0 Å². The van der Waals surface area contributed by atoms with Crippen LogP contribution in [0, 0.1) is 0 Å². The number of aliphatic hydroxyl groups is 1. The Bertz CT molecular complexity index is 322. The zero-order chi connectivity index (χ0) is 15.9. The average molecular weight is 302 g/mol. The average Bonchev–Trinajstić information content (AvgIpc) is 2.38. The first-order valence-corrected chi connectivity index (χ1v) is 7.47. The second-order valence-electron chi connectivity index (χ2n) is 6.01. The third-order valence-electron chi connectivity index (χ3n) is 3.44. The molecule has 1 fully saturated rings. The summed E-state index contributed by atoms with van der Waals surface area (Å²) in [6.07, 6.45) is 0.717. The van der Waals surface area contributed by atoms with Crippen molar-refractivity contribution in [2.24, 2.45) is 0 Å². The van der Waals surface area contributed by atoms with Crippen LogP contribution in [0.2, 0.25) is 0 Å². The zero-order valence-corrected chi connectivity index (χ0v) is 13.1. The summed E-state index contributed by atoms with van der Waals surface area (Å²) in [6.45, 7) is 5.92. The topological polar surface area (TPSA) is 82.1 Å². The molecular weight excluding hydrogens is 276 g/mol. The summed E-state index contributed by atoms with van der Waals surface area (Å²) in [5, 5.41) is 9.58. The van der Waals surface area contributed by atoms with E-state index < -0.39 is 24.1 Å². The number of cyclic esters (lactones) is 2. The Kier molecular flexibility index (Phi) is 7.11. The summed E-state index contributed by atoms with van der Waals surface area (Å²) in [7, 11) is 0. The van der Waals surface area contributed by atoms with E-state index in [1.54, 1.807) is 0 Å². The summed E-state index contributed by atoms with van der Waals surface area (Å²) < 4.78 is 15.9. The van der Waals surface area contributed by atoms with Gasteiger partial charge in [-0.2, -0.15) is 0 Å². The number of hydrogen-bond donors (Lipinski definition) is 1. The lowest BCUT2D eigenvalue weighted by atomic mass is 10.0. The monoisotopic (exact) mass is 302 g/mol. The van der Waals surface area contributed by atoms with Crippen LogP contribution >= 0.6 is 0 Å². The van der Waals surface area contributed by atoms with Crippen LogP contribution < -0.4 is 0 Å². The van der Waals surface area contributed by atoms with Gasteiger partial charge in [0, 0.05) is 6.42 Å². The first-order valence-electron chi connectivity index (χ1n) is 7.47. The summed E-state index contributed by atoms with van der Waals surface area (Å²) in [5.41, 5.74) is -0.303. The van der Waals surface area contributed by atoms with Gasteiger partial charge in [-0.1, -0.05) is 6.42 Å². The second kappa shape index (κ2) is 8.34. The van der Waals surface area contributed by atoms with Crippen molar-refractivity contribution < 1.29 is 28.9 Å². The van der Waals surface area contributed by atoms with Gasteiger partial charge in [0.05, 0.1) is 24.7 Å². The van der Waals surface area contributed by atoms with Gasteiger partial charge in [-0.25, -0.2) is 0 Å². The van der Waals surface area contributed by atoms with E-state index >= 15 is 0 Å². The van der Waals surface area contributed by atoms with E-state index in [0.717, 1.165) is 12.8 Å². The van der Waals surface area contributed by atoms with Crippen LogP contribution in [-0.2, 0) is 23.8 Å². The van der Waals surface area contributed by atoms with Crippen LogP contribution in [0.4, 0.5) is 0 Å². The molecule has 1 aliphatic rings. The van der Waals surface area contributed by atoms with E-state index in [0.29, 0.717) is 13.0 Å². The minimum atomic E-state index is -0.912. The Morgan fingerprint density at radius 1 is 1.19 bits per heavy atom. The molecule has 1 heterocycles. The summed E-state index contributed by atoms with van der Waals surface area (Å²) in [6, 6.07) is 0. The highest BCUT2D eigenvalue weighted by Gasteiger charge is 2.25. The van der Waals surface area contributed by atoms with Gasteiger partial charge in [0.15, 0.2) is 0 Å². The number of ether oxygens (including phenoxy) is 3. The molecule has 0 aliphatic carbocycles. The van der Waals surface area contributed by atoms with E-state index in [-0.39, 0.29) is 25.0 Å². The molecule has 6 heteroatoms. The van der Waals surface area contributed by atoms with Gasteiger partial charge >= 0.3 is 11.9 Å². The van der Waals surface area contributed by atoms with Crippen LogP contribution in [0.3, 0.4) is 0 Å². The number of esters is 2. The van der Waals surface area contributed by atoms with Crippen LogP contribution in [0.1, 0.15) is 52.9 Å². The van der Waals surface area contributed by atoms with Gasteiger partial charge in [-0.3, -0.25) is 9.59 Å². The molecule has 0 spiro atoms. The van der Waals surface area contributed by atoms with Gasteiger partial charge < -0.3 is 19.3 Å². The normalized spacial score (nSPS) is 27.1. The van der Waals surface area contributed by atoms with Crippen molar-refractivity contribution in [3.8, 4) is 0 Å². The number of rotatable bonds is 1. The molecule has 21 heavy (non-hydrogen) atoms. The molecular formula is C15H26O6. The summed E-state index contributed by atoms with van der Waals surface area (Å²) in [4.78, 5) is 23.4. The lowest BCUT2D eigenvalue weighted by molar-refractivity contribution is -0.162. The second-order valence-corrected chi connectivity index (χ2v) is 6.01. The number of hydrogen-bond acceptors (Lipinski definition) is 6. The summed E-state index contributed by atoms with van der Waals surface area (Å²) >= 11 is 0. The first-order chi connectivity index (χ1) is 9.80. The lowest BCUT2D eigenvalue weighted by Crippen LogP contribution is -2.33. The Labute approximate surface area is 125 Å². The first kappa shape index (κ1) is 17.9. The SMILES string of the molecule is C[C@@H](O)[C@H]1CC(=O)OCCOC(C)(C)CCCCC(=O)O1. The highest BCUT2D eigenvalue weighted by Crippen LogP contribution is 2.19. The molecule has 1 saturated heterocycles. The fourth-order valence-corrected chi connectivity index (χ4v) is 2.13. The smallest absolute Gasteiger partial charge is 0.309 e. The van der Waals surface area contributed by atoms with Crippen LogP contribution in [0.15, 0.2) is 0 Å². The third-order valence-corrected chi connectivity index (χ3v) is 3.44. The molecule has 6 nitrogen and oxygen atoms in total. The molecule has 0 bridgehead atoms. The zero-order valence-electron chi connectivity index (χ0n) is 13.1. The molecule has 0 aromatic heterocycles. The predicted molar refractivity (Wildman–Crippen MR) is 75.6 cm³/mol. The van der Waals surface area contributed by atoms with Crippen molar-refractivity contribution in [3.05, 3.63) is 0 Å². The Morgan fingerprint density at radius 2 is 1.90 bits per heavy atom. The van der Waals surface area contributed by atoms with Crippen LogP contribution in [-0.4, -0.2) is 48.1 Å². The number of aliphatic hydroxyl groups excluding tert-OH is 1. The maximum atomic E-state index is 11.7. The fourth-order valence-electron chi connectivity index (χ4n) is 2.13. The van der Waals surface area contributed by atoms with Crippen molar-refractivity contribution in [1.82, 2.24) is 0 Å². The quantitative estimate of drug-likeness (QED) is 0.741. The maximum absolute atomic E-state index is 11.7.